The van der Waals surface area contributed by atoms with Gasteiger partial charge in [-0.05, 0) is 37.6 Å². The van der Waals surface area contributed by atoms with Crippen LogP contribution in [0.25, 0.3) is 0 Å². The van der Waals surface area contributed by atoms with E-state index in [1.54, 1.807) is 26.0 Å². The number of phenols is 1. The summed E-state index contributed by atoms with van der Waals surface area (Å²) < 4.78 is 4.87. The number of azo groups is 1. The molecular formula is C13H14N4O3. The van der Waals surface area contributed by atoms with Gasteiger partial charge in [0, 0.05) is 0 Å². The summed E-state index contributed by atoms with van der Waals surface area (Å²) in [6, 6.07) is 4.72. The number of carbonyl (C=O) groups is 1. The third-order valence-corrected chi connectivity index (χ3v) is 2.53. The standard InChI is InChI=1S/C13H14N4O3/c1-3-20-13(19)11-12(15-7-14-11)17-16-10-5-4-9(18)6-8(10)2/h4-7,18H,3H2,1-2H3,(H,14,15). The van der Waals surface area contributed by atoms with Gasteiger partial charge in [-0.25, -0.2) is 9.78 Å². The van der Waals surface area contributed by atoms with E-state index >= 15 is 0 Å². The number of aromatic hydroxyl groups is 1. The number of aromatic nitrogens is 2. The number of nitrogens with zero attached hydrogens (tertiary/aromatic N) is 3. The average molecular weight is 274 g/mol. The van der Waals surface area contributed by atoms with Gasteiger partial charge in [0.2, 0.25) is 5.82 Å². The first-order valence-electron chi connectivity index (χ1n) is 6.03. The molecule has 1 aromatic heterocycles. The minimum absolute atomic E-state index is 0.159. The van der Waals surface area contributed by atoms with Gasteiger partial charge in [-0.2, -0.15) is 0 Å². The predicted molar refractivity (Wildman–Crippen MR) is 71.6 cm³/mol. The van der Waals surface area contributed by atoms with Gasteiger partial charge < -0.3 is 14.8 Å². The molecule has 20 heavy (non-hydrogen) atoms. The molecule has 1 aromatic carbocycles. The molecule has 104 valence electrons. The molecule has 0 amide bonds. The fraction of sp³-hybridized carbons (Fsp3) is 0.231. The van der Waals surface area contributed by atoms with E-state index in [9.17, 15) is 9.90 Å². The molecule has 0 unspecified atom stereocenters. The maximum absolute atomic E-state index is 11.6. The van der Waals surface area contributed by atoms with Crippen LogP contribution in [-0.4, -0.2) is 27.7 Å². The summed E-state index contributed by atoms with van der Waals surface area (Å²) in [5, 5.41) is 17.3. The van der Waals surface area contributed by atoms with Crippen molar-refractivity contribution >= 4 is 17.5 Å². The van der Waals surface area contributed by atoms with Crippen molar-refractivity contribution in [1.82, 2.24) is 9.97 Å². The molecule has 7 heteroatoms. The molecule has 0 aliphatic carbocycles. The van der Waals surface area contributed by atoms with Crippen LogP contribution in [0.5, 0.6) is 5.75 Å². The van der Waals surface area contributed by atoms with E-state index in [4.69, 9.17) is 4.74 Å². The molecule has 0 atom stereocenters. The Morgan fingerprint density at radius 1 is 1.45 bits per heavy atom. The molecule has 0 radical (unpaired) electrons. The second-order valence-corrected chi connectivity index (χ2v) is 3.99. The summed E-state index contributed by atoms with van der Waals surface area (Å²) in [4.78, 5) is 18.2. The lowest BCUT2D eigenvalue weighted by Gasteiger charge is -2.00. The van der Waals surface area contributed by atoms with Crippen molar-refractivity contribution in [2.75, 3.05) is 6.61 Å². The largest absolute Gasteiger partial charge is 0.508 e. The van der Waals surface area contributed by atoms with Crippen LogP contribution in [-0.2, 0) is 4.74 Å². The highest BCUT2D eigenvalue weighted by Gasteiger charge is 2.15. The Morgan fingerprint density at radius 2 is 2.25 bits per heavy atom. The predicted octanol–water partition coefficient (Wildman–Crippen LogP) is 3.02. The van der Waals surface area contributed by atoms with E-state index in [2.05, 4.69) is 20.2 Å². The van der Waals surface area contributed by atoms with Crippen LogP contribution in [0, 0.1) is 6.92 Å². The van der Waals surface area contributed by atoms with E-state index in [0.717, 1.165) is 5.56 Å². The molecule has 0 aliphatic rings. The van der Waals surface area contributed by atoms with Crippen molar-refractivity contribution in [3.8, 4) is 5.75 Å². The molecule has 2 aromatic rings. The van der Waals surface area contributed by atoms with E-state index in [1.165, 1.54) is 12.4 Å². The first kappa shape index (κ1) is 13.7. The van der Waals surface area contributed by atoms with Gasteiger partial charge in [-0.3, -0.25) is 0 Å². The number of carbonyl (C=O) groups excluding carboxylic acids is 1. The number of benzene rings is 1. The zero-order valence-electron chi connectivity index (χ0n) is 11.1. The molecule has 2 rings (SSSR count). The van der Waals surface area contributed by atoms with Crippen LogP contribution in [0.3, 0.4) is 0 Å². The molecule has 0 spiro atoms. The fourth-order valence-corrected chi connectivity index (χ4v) is 1.57. The van der Waals surface area contributed by atoms with Crippen LogP contribution in [0.1, 0.15) is 23.0 Å². The quantitative estimate of drug-likeness (QED) is 0.661. The highest BCUT2D eigenvalue weighted by Crippen LogP contribution is 2.25. The maximum Gasteiger partial charge on any atom is 0.358 e. The van der Waals surface area contributed by atoms with Crippen molar-refractivity contribution < 1.29 is 14.6 Å². The van der Waals surface area contributed by atoms with Gasteiger partial charge in [0.05, 0.1) is 18.6 Å². The zero-order valence-corrected chi connectivity index (χ0v) is 11.1. The number of phenolic OH excluding ortho intramolecular Hbond substituents is 1. The number of hydrogen-bond donors (Lipinski definition) is 2. The van der Waals surface area contributed by atoms with Crippen molar-refractivity contribution in [2.45, 2.75) is 13.8 Å². The molecule has 0 saturated heterocycles. The smallest absolute Gasteiger partial charge is 0.358 e. The molecule has 0 saturated carbocycles. The normalized spacial score (nSPS) is 10.9. The Labute approximate surface area is 115 Å². The number of esters is 1. The first-order valence-corrected chi connectivity index (χ1v) is 6.03. The number of nitrogens with one attached hydrogen (secondary N) is 1. The zero-order chi connectivity index (χ0) is 14.5. The molecule has 1 heterocycles. The van der Waals surface area contributed by atoms with Gasteiger partial charge >= 0.3 is 5.97 Å². The highest BCUT2D eigenvalue weighted by atomic mass is 16.5. The Kier molecular flexibility index (Phi) is 4.09. The number of H-pyrrole nitrogens is 1. The second-order valence-electron chi connectivity index (χ2n) is 3.99. The summed E-state index contributed by atoms with van der Waals surface area (Å²) in [7, 11) is 0. The lowest BCUT2D eigenvalue weighted by atomic mass is 10.2. The SMILES string of the molecule is CCOC(=O)c1[nH]cnc1N=Nc1ccc(O)cc1C. The minimum atomic E-state index is -0.527. The number of aromatic amines is 1. The lowest BCUT2D eigenvalue weighted by Crippen LogP contribution is -2.04. The average Bonchev–Trinajstić information content (AvgIpc) is 2.86. The third kappa shape index (κ3) is 3.00. The highest BCUT2D eigenvalue weighted by molar-refractivity contribution is 5.91. The van der Waals surface area contributed by atoms with E-state index in [-0.39, 0.29) is 23.9 Å². The van der Waals surface area contributed by atoms with Gasteiger partial charge in [-0.1, -0.05) is 0 Å². The summed E-state index contributed by atoms with van der Waals surface area (Å²) in [5.41, 5.74) is 1.51. The third-order valence-electron chi connectivity index (χ3n) is 2.53. The van der Waals surface area contributed by atoms with Crippen molar-refractivity contribution in [1.29, 1.82) is 0 Å². The Balaban J connectivity index is 2.24. The van der Waals surface area contributed by atoms with Gasteiger partial charge in [0.25, 0.3) is 0 Å². The number of hydrogen-bond acceptors (Lipinski definition) is 6. The van der Waals surface area contributed by atoms with Gasteiger partial charge in [0.1, 0.15) is 5.75 Å². The number of ether oxygens (including phenoxy) is 1. The van der Waals surface area contributed by atoms with Crippen LogP contribution in [0.2, 0.25) is 0 Å². The number of aryl methyl sites for hydroxylation is 1. The van der Waals surface area contributed by atoms with Gasteiger partial charge in [0.15, 0.2) is 5.69 Å². The summed E-state index contributed by atoms with van der Waals surface area (Å²) in [6.07, 6.45) is 1.35. The second kappa shape index (κ2) is 5.96. The van der Waals surface area contributed by atoms with Crippen LogP contribution in [0.4, 0.5) is 11.5 Å². The Hall–Kier alpha value is -2.70. The molecule has 0 aliphatic heterocycles. The maximum atomic E-state index is 11.6. The molecule has 0 bridgehead atoms. The van der Waals surface area contributed by atoms with Crippen LogP contribution in [0.15, 0.2) is 34.8 Å². The monoisotopic (exact) mass is 274 g/mol. The van der Waals surface area contributed by atoms with E-state index in [1.807, 2.05) is 0 Å². The van der Waals surface area contributed by atoms with Crippen molar-refractivity contribution in [2.24, 2.45) is 10.2 Å². The lowest BCUT2D eigenvalue weighted by molar-refractivity contribution is 0.0521. The van der Waals surface area contributed by atoms with Crippen LogP contribution >= 0.6 is 0 Å². The summed E-state index contributed by atoms with van der Waals surface area (Å²) >= 11 is 0. The van der Waals surface area contributed by atoms with Crippen LogP contribution < -0.4 is 0 Å². The number of rotatable bonds is 4. The van der Waals surface area contributed by atoms with Gasteiger partial charge in [-0.15, -0.1) is 10.2 Å². The molecular weight excluding hydrogens is 260 g/mol. The Morgan fingerprint density at radius 3 is 2.95 bits per heavy atom. The number of imidazole rings is 1. The fourth-order valence-electron chi connectivity index (χ4n) is 1.57. The van der Waals surface area contributed by atoms with E-state index < -0.39 is 5.97 Å². The minimum Gasteiger partial charge on any atom is -0.508 e. The Bertz CT molecular complexity index is 649. The van der Waals surface area contributed by atoms with Crippen molar-refractivity contribution in [3.63, 3.8) is 0 Å². The van der Waals surface area contributed by atoms with E-state index in [0.29, 0.717) is 5.69 Å². The van der Waals surface area contributed by atoms with Crippen molar-refractivity contribution in [3.05, 3.63) is 35.8 Å². The topological polar surface area (TPSA) is 99.9 Å². The summed E-state index contributed by atoms with van der Waals surface area (Å²) in [5.74, 6) is -0.203. The first-order chi connectivity index (χ1) is 9.61. The summed E-state index contributed by atoms with van der Waals surface area (Å²) in [6.45, 7) is 3.78. The molecule has 2 N–H and O–H groups in total. The molecule has 0 fully saturated rings. The molecule has 7 nitrogen and oxygen atoms in total.